The Balaban J connectivity index is 1.80. The quantitative estimate of drug-likeness (QED) is 0.661. The minimum absolute atomic E-state index is 0.159. The molecule has 1 aromatic carbocycles. The molecule has 9 heteroatoms. The van der Waals surface area contributed by atoms with Gasteiger partial charge < -0.3 is 20.1 Å². The zero-order valence-electron chi connectivity index (χ0n) is 16.9. The highest BCUT2D eigenvalue weighted by atomic mass is 19.3. The van der Waals surface area contributed by atoms with E-state index in [1.807, 2.05) is 12.8 Å². The van der Waals surface area contributed by atoms with Crippen molar-refractivity contribution < 1.29 is 28.2 Å². The second-order valence-corrected chi connectivity index (χ2v) is 7.08. The lowest BCUT2D eigenvalue weighted by atomic mass is 10.0. The summed E-state index contributed by atoms with van der Waals surface area (Å²) in [5.74, 6) is 1.39. The van der Waals surface area contributed by atoms with E-state index in [2.05, 4.69) is 10.3 Å². The highest BCUT2D eigenvalue weighted by Crippen LogP contribution is 2.35. The normalized spacial score (nSPS) is 14.7. The van der Waals surface area contributed by atoms with Gasteiger partial charge >= 0.3 is 0 Å². The minimum Gasteiger partial charge on any atom is -0.487 e. The summed E-state index contributed by atoms with van der Waals surface area (Å²) >= 11 is 0. The van der Waals surface area contributed by atoms with Gasteiger partial charge in [-0.1, -0.05) is 18.1 Å². The average molecular weight is 429 g/mol. The predicted octanol–water partition coefficient (Wildman–Crippen LogP) is 2.68. The monoisotopic (exact) mass is 429 g/mol. The third kappa shape index (κ3) is 4.64. The molecular formula is C22H21F2N3O4. The number of fused-ring (bicyclic) bond motifs is 1. The SMILES string of the molecule is C#C[C@@H](O)C(=O)Nc1nccc2c1CN(C(C)c1ccc(OCC(F)F)c(C)c1)C2=O. The summed E-state index contributed by atoms with van der Waals surface area (Å²) in [5.41, 5.74) is 2.38. The lowest BCUT2D eigenvalue weighted by Crippen LogP contribution is -2.28. The number of carbonyl (C=O) groups excluding carboxylic acids is 2. The molecule has 0 fully saturated rings. The number of anilines is 1. The van der Waals surface area contributed by atoms with E-state index in [1.54, 1.807) is 36.1 Å². The maximum Gasteiger partial charge on any atom is 0.272 e. The van der Waals surface area contributed by atoms with Gasteiger partial charge in [0.25, 0.3) is 18.2 Å². The molecule has 1 aliphatic rings. The van der Waals surface area contributed by atoms with Gasteiger partial charge in [-0.05, 0) is 37.1 Å². The first-order valence-electron chi connectivity index (χ1n) is 9.48. The summed E-state index contributed by atoms with van der Waals surface area (Å²) in [5, 5.41) is 11.9. The minimum atomic E-state index is -2.57. The molecule has 0 saturated carbocycles. The number of nitrogens with zero attached hydrogens (tertiary/aromatic N) is 2. The third-order valence-corrected chi connectivity index (χ3v) is 5.04. The van der Waals surface area contributed by atoms with Crippen molar-refractivity contribution in [2.45, 2.75) is 39.0 Å². The number of rotatable bonds is 7. The number of benzene rings is 1. The molecule has 0 spiro atoms. The number of aliphatic hydroxyl groups is 1. The van der Waals surface area contributed by atoms with Crippen LogP contribution in [0.15, 0.2) is 30.5 Å². The number of hydrogen-bond donors (Lipinski definition) is 2. The van der Waals surface area contributed by atoms with E-state index < -0.39 is 25.0 Å². The van der Waals surface area contributed by atoms with Crippen molar-refractivity contribution in [3.63, 3.8) is 0 Å². The van der Waals surface area contributed by atoms with Crippen LogP contribution in [0.4, 0.5) is 14.6 Å². The number of nitrogens with one attached hydrogen (secondary N) is 1. The Bertz CT molecular complexity index is 1050. The Labute approximate surface area is 178 Å². The molecule has 1 aliphatic heterocycles. The zero-order chi connectivity index (χ0) is 22.7. The second-order valence-electron chi connectivity index (χ2n) is 7.08. The van der Waals surface area contributed by atoms with Crippen molar-refractivity contribution in [2.24, 2.45) is 0 Å². The fourth-order valence-corrected chi connectivity index (χ4v) is 3.36. The molecule has 3 rings (SSSR count). The van der Waals surface area contributed by atoms with Crippen molar-refractivity contribution in [1.82, 2.24) is 9.88 Å². The van der Waals surface area contributed by atoms with Gasteiger partial charge in [0.2, 0.25) is 0 Å². The number of aromatic nitrogens is 1. The Morgan fingerprint density at radius 2 is 2.16 bits per heavy atom. The number of pyridine rings is 1. The maximum atomic E-state index is 13.0. The summed E-state index contributed by atoms with van der Waals surface area (Å²) in [6.07, 6.45) is 2.25. The Hall–Kier alpha value is -3.51. The molecule has 0 radical (unpaired) electrons. The van der Waals surface area contributed by atoms with Gasteiger partial charge in [0.15, 0.2) is 6.10 Å². The average Bonchev–Trinajstić information content (AvgIpc) is 3.09. The molecule has 2 atom stereocenters. The van der Waals surface area contributed by atoms with Gasteiger partial charge in [-0.3, -0.25) is 9.59 Å². The number of aliphatic hydroxyl groups excluding tert-OH is 1. The van der Waals surface area contributed by atoms with Crippen molar-refractivity contribution in [1.29, 1.82) is 0 Å². The second kappa shape index (κ2) is 9.10. The van der Waals surface area contributed by atoms with Crippen LogP contribution < -0.4 is 10.1 Å². The van der Waals surface area contributed by atoms with Crippen LogP contribution in [0.25, 0.3) is 0 Å². The lowest BCUT2D eigenvalue weighted by molar-refractivity contribution is -0.121. The first-order chi connectivity index (χ1) is 14.7. The lowest BCUT2D eigenvalue weighted by Gasteiger charge is -2.25. The molecule has 2 aromatic rings. The Morgan fingerprint density at radius 3 is 2.81 bits per heavy atom. The van der Waals surface area contributed by atoms with Crippen molar-refractivity contribution in [3.8, 4) is 18.1 Å². The predicted molar refractivity (Wildman–Crippen MR) is 109 cm³/mol. The molecule has 0 bridgehead atoms. The molecule has 0 saturated heterocycles. The fraction of sp³-hybridized carbons (Fsp3) is 0.318. The number of alkyl halides is 2. The van der Waals surface area contributed by atoms with Crippen LogP contribution in [0.2, 0.25) is 0 Å². The molecule has 31 heavy (non-hydrogen) atoms. The van der Waals surface area contributed by atoms with Gasteiger partial charge in [-0.2, -0.15) is 0 Å². The number of ether oxygens (including phenoxy) is 1. The van der Waals surface area contributed by atoms with E-state index in [0.717, 1.165) is 5.56 Å². The largest absolute Gasteiger partial charge is 0.487 e. The molecule has 1 aromatic heterocycles. The molecular weight excluding hydrogens is 408 g/mol. The topological polar surface area (TPSA) is 91.8 Å². The van der Waals surface area contributed by atoms with Crippen LogP contribution >= 0.6 is 0 Å². The highest BCUT2D eigenvalue weighted by Gasteiger charge is 2.34. The van der Waals surface area contributed by atoms with Gasteiger partial charge in [-0.25, -0.2) is 13.8 Å². The molecule has 1 unspecified atom stereocenters. The van der Waals surface area contributed by atoms with E-state index in [-0.39, 0.29) is 24.3 Å². The van der Waals surface area contributed by atoms with Crippen LogP contribution in [-0.2, 0) is 11.3 Å². The molecule has 2 amide bonds. The number of halogens is 2. The van der Waals surface area contributed by atoms with Crippen molar-refractivity contribution in [3.05, 3.63) is 52.7 Å². The zero-order valence-corrected chi connectivity index (χ0v) is 16.9. The van der Waals surface area contributed by atoms with Crippen LogP contribution in [0.5, 0.6) is 5.75 Å². The Morgan fingerprint density at radius 1 is 1.42 bits per heavy atom. The molecule has 2 heterocycles. The molecule has 162 valence electrons. The maximum absolute atomic E-state index is 13.0. The Kier molecular flexibility index (Phi) is 6.51. The van der Waals surface area contributed by atoms with Gasteiger partial charge in [0, 0.05) is 17.3 Å². The highest BCUT2D eigenvalue weighted by molar-refractivity contribution is 6.02. The number of carbonyl (C=O) groups is 2. The summed E-state index contributed by atoms with van der Waals surface area (Å²) < 4.78 is 29.9. The number of hydrogen-bond acceptors (Lipinski definition) is 5. The summed E-state index contributed by atoms with van der Waals surface area (Å²) in [6, 6.07) is 6.32. The first kappa shape index (κ1) is 22.2. The van der Waals surface area contributed by atoms with Crippen molar-refractivity contribution in [2.75, 3.05) is 11.9 Å². The number of terminal acetylenes is 1. The van der Waals surface area contributed by atoms with Crippen LogP contribution in [0.3, 0.4) is 0 Å². The van der Waals surface area contributed by atoms with Gasteiger partial charge in [-0.15, -0.1) is 6.42 Å². The van der Waals surface area contributed by atoms with E-state index in [4.69, 9.17) is 11.2 Å². The van der Waals surface area contributed by atoms with Crippen LogP contribution in [-0.4, -0.2) is 45.9 Å². The van der Waals surface area contributed by atoms with E-state index in [1.165, 1.54) is 6.20 Å². The fourth-order valence-electron chi connectivity index (χ4n) is 3.36. The standard InChI is InChI=1S/C22H21F2N3O4/c1-4-17(28)21(29)26-20-16-10-27(22(30)15(16)7-8-25-20)13(3)14-5-6-18(12(2)9-14)31-11-19(23)24/h1,5-9,13,17,19,28H,10-11H2,2-3H3,(H,25,26,29)/t13?,17-/m1/s1. The third-order valence-electron chi connectivity index (χ3n) is 5.04. The van der Waals surface area contributed by atoms with Gasteiger partial charge in [0.05, 0.1) is 12.6 Å². The number of amides is 2. The number of aryl methyl sites for hydroxylation is 1. The molecule has 7 nitrogen and oxygen atoms in total. The first-order valence-corrected chi connectivity index (χ1v) is 9.48. The summed E-state index contributed by atoms with van der Waals surface area (Å²) in [7, 11) is 0. The summed E-state index contributed by atoms with van der Waals surface area (Å²) in [4.78, 5) is 30.6. The van der Waals surface area contributed by atoms with Gasteiger partial charge in [0.1, 0.15) is 18.2 Å². The summed E-state index contributed by atoms with van der Waals surface area (Å²) in [6.45, 7) is 3.08. The van der Waals surface area contributed by atoms with Crippen molar-refractivity contribution >= 4 is 17.6 Å². The van der Waals surface area contributed by atoms with E-state index in [0.29, 0.717) is 22.4 Å². The van der Waals surface area contributed by atoms with E-state index >= 15 is 0 Å². The molecule has 0 aliphatic carbocycles. The van der Waals surface area contributed by atoms with Crippen LogP contribution in [0, 0.1) is 19.3 Å². The van der Waals surface area contributed by atoms with E-state index in [9.17, 15) is 23.5 Å². The van der Waals surface area contributed by atoms with Crippen LogP contribution in [0.1, 0.15) is 40.0 Å². The molecule has 2 N–H and O–H groups in total. The smallest absolute Gasteiger partial charge is 0.272 e.